The number of nitrogens with zero attached hydrogens (tertiary/aromatic N) is 3. The Labute approximate surface area is 195 Å². The number of hydrogen-bond acceptors (Lipinski definition) is 5. The average molecular weight is 451 g/mol. The van der Waals surface area contributed by atoms with Crippen LogP contribution >= 0.6 is 0 Å². The van der Waals surface area contributed by atoms with E-state index in [0.717, 1.165) is 16.7 Å². The molecule has 6 rings (SSSR count). The number of carbonyl (C=O) groups excluding carboxylic acids is 2. The number of aromatic nitrogens is 1. The van der Waals surface area contributed by atoms with Crippen molar-refractivity contribution in [1.82, 2.24) is 4.98 Å². The highest BCUT2D eigenvalue weighted by Crippen LogP contribution is 2.53. The summed E-state index contributed by atoms with van der Waals surface area (Å²) in [6.07, 6.45) is 1.59. The minimum atomic E-state index is -1.70. The Kier molecular flexibility index (Phi) is 3.97. The molecular formula is C27H21N3O4. The van der Waals surface area contributed by atoms with E-state index in [1.165, 1.54) is 9.80 Å². The molecule has 1 unspecified atom stereocenters. The Bertz CT molecular complexity index is 1640. The van der Waals surface area contributed by atoms with Gasteiger partial charge >= 0.3 is 0 Å². The molecule has 0 bridgehead atoms. The van der Waals surface area contributed by atoms with Gasteiger partial charge in [0.25, 0.3) is 11.8 Å². The van der Waals surface area contributed by atoms with Gasteiger partial charge in [0.15, 0.2) is 11.0 Å². The molecule has 34 heavy (non-hydrogen) atoms. The number of benzene rings is 2. The highest BCUT2D eigenvalue weighted by atomic mass is 16.3. The van der Waals surface area contributed by atoms with Crippen LogP contribution in [0.15, 0.2) is 63.9 Å². The largest absolute Gasteiger partial charge is 0.450 e. The van der Waals surface area contributed by atoms with Gasteiger partial charge in [0, 0.05) is 24.5 Å². The zero-order valence-corrected chi connectivity index (χ0v) is 19.2. The van der Waals surface area contributed by atoms with Gasteiger partial charge in [0.2, 0.25) is 5.76 Å². The highest BCUT2D eigenvalue weighted by molar-refractivity contribution is 6.23. The molecule has 2 aliphatic rings. The lowest BCUT2D eigenvalue weighted by Crippen LogP contribution is -2.53. The second-order valence-corrected chi connectivity index (χ2v) is 8.99. The normalized spacial score (nSPS) is 18.8. The smallest absolute Gasteiger partial charge is 0.297 e. The van der Waals surface area contributed by atoms with E-state index >= 15 is 0 Å². The summed E-state index contributed by atoms with van der Waals surface area (Å²) in [7, 11) is 1.65. The van der Waals surface area contributed by atoms with Crippen LogP contribution in [0.3, 0.4) is 0 Å². The van der Waals surface area contributed by atoms with Crippen molar-refractivity contribution in [1.29, 1.82) is 0 Å². The van der Waals surface area contributed by atoms with E-state index in [1.807, 2.05) is 39.0 Å². The van der Waals surface area contributed by atoms with Crippen LogP contribution in [0, 0.1) is 20.8 Å². The topological polar surface area (TPSA) is 83.7 Å². The summed E-state index contributed by atoms with van der Waals surface area (Å²) < 4.78 is 6.11. The van der Waals surface area contributed by atoms with E-state index in [0.29, 0.717) is 22.2 Å². The first-order chi connectivity index (χ1) is 16.3. The minimum absolute atomic E-state index is 0.0401. The molecule has 0 saturated heterocycles. The molecule has 1 spiro atoms. The number of anilines is 2. The van der Waals surface area contributed by atoms with E-state index in [9.17, 15) is 14.4 Å². The first-order valence-electron chi connectivity index (χ1n) is 11.0. The van der Waals surface area contributed by atoms with Crippen LogP contribution in [-0.4, -0.2) is 23.8 Å². The first-order valence-corrected chi connectivity index (χ1v) is 11.0. The van der Waals surface area contributed by atoms with Gasteiger partial charge in [0.1, 0.15) is 11.4 Å². The fraction of sp³-hybridized carbons (Fsp3) is 0.185. The van der Waals surface area contributed by atoms with Crippen molar-refractivity contribution >= 4 is 34.3 Å². The maximum Gasteiger partial charge on any atom is 0.297 e. The van der Waals surface area contributed by atoms with E-state index in [4.69, 9.17) is 4.42 Å². The molecule has 0 radical (unpaired) electrons. The number of rotatable bonds is 1. The van der Waals surface area contributed by atoms with Crippen molar-refractivity contribution in [2.24, 2.45) is 0 Å². The molecule has 7 nitrogen and oxygen atoms in total. The number of likely N-dealkylation sites (N-methyl/N-ethyl adjacent to an activating group) is 1. The van der Waals surface area contributed by atoms with Crippen LogP contribution in [0.4, 0.5) is 11.5 Å². The van der Waals surface area contributed by atoms with Crippen molar-refractivity contribution in [3.8, 4) is 0 Å². The molecule has 4 heterocycles. The molecule has 0 aliphatic carbocycles. The summed E-state index contributed by atoms with van der Waals surface area (Å²) in [5.41, 5.74) is 2.18. The second kappa shape index (κ2) is 6.63. The highest BCUT2D eigenvalue weighted by Gasteiger charge is 2.65. The van der Waals surface area contributed by atoms with E-state index in [-0.39, 0.29) is 22.6 Å². The van der Waals surface area contributed by atoms with Crippen molar-refractivity contribution in [3.05, 3.63) is 98.5 Å². The van der Waals surface area contributed by atoms with Gasteiger partial charge in [-0.1, -0.05) is 18.2 Å². The summed E-state index contributed by atoms with van der Waals surface area (Å²) in [4.78, 5) is 49.4. The lowest BCUT2D eigenvalue weighted by Gasteiger charge is -2.33. The third-order valence-corrected chi connectivity index (χ3v) is 7.00. The van der Waals surface area contributed by atoms with Crippen molar-refractivity contribution in [3.63, 3.8) is 0 Å². The minimum Gasteiger partial charge on any atom is -0.450 e. The summed E-state index contributed by atoms with van der Waals surface area (Å²) in [6.45, 7) is 5.71. The molecule has 168 valence electrons. The number of carbonyl (C=O) groups is 2. The molecule has 1 atom stereocenters. The zero-order valence-electron chi connectivity index (χ0n) is 19.2. The third-order valence-electron chi connectivity index (χ3n) is 7.00. The number of hydrogen-bond donors (Lipinski definition) is 0. The number of fused-ring (bicyclic) bond motifs is 5. The molecule has 2 aliphatic heterocycles. The van der Waals surface area contributed by atoms with Gasteiger partial charge in [0.05, 0.1) is 10.9 Å². The van der Waals surface area contributed by atoms with E-state index < -0.39 is 17.4 Å². The van der Waals surface area contributed by atoms with E-state index in [2.05, 4.69) is 4.98 Å². The lowest BCUT2D eigenvalue weighted by atomic mass is 9.83. The molecule has 0 N–H and O–H groups in total. The van der Waals surface area contributed by atoms with Gasteiger partial charge in [-0.2, -0.15) is 0 Å². The number of para-hydroxylation sites is 1. The molecule has 4 aromatic rings. The van der Waals surface area contributed by atoms with Gasteiger partial charge in [-0.15, -0.1) is 0 Å². The Balaban J connectivity index is 1.81. The fourth-order valence-electron chi connectivity index (χ4n) is 5.21. The van der Waals surface area contributed by atoms with Gasteiger partial charge in [-0.3, -0.25) is 19.3 Å². The molecule has 2 amide bonds. The van der Waals surface area contributed by atoms with Crippen LogP contribution in [0.1, 0.15) is 38.4 Å². The Morgan fingerprint density at radius 3 is 2.44 bits per heavy atom. The summed E-state index contributed by atoms with van der Waals surface area (Å²) in [5, 5.41) is 0.341. The molecule has 2 aromatic heterocycles. The molecule has 2 aromatic carbocycles. The number of pyridine rings is 1. The molecule has 0 saturated carbocycles. The van der Waals surface area contributed by atoms with Gasteiger partial charge in [-0.05, 0) is 67.8 Å². The summed E-state index contributed by atoms with van der Waals surface area (Å²) in [5.74, 6) is -0.809. The second-order valence-electron chi connectivity index (χ2n) is 8.99. The van der Waals surface area contributed by atoms with Gasteiger partial charge < -0.3 is 9.32 Å². The van der Waals surface area contributed by atoms with Crippen molar-refractivity contribution in [2.75, 3.05) is 16.8 Å². The van der Waals surface area contributed by atoms with Crippen LogP contribution in [0.2, 0.25) is 0 Å². The molecule has 0 fully saturated rings. The predicted molar refractivity (Wildman–Crippen MR) is 128 cm³/mol. The Hall–Kier alpha value is -4.26. The summed E-state index contributed by atoms with van der Waals surface area (Å²) >= 11 is 0. The number of amides is 2. The maximum atomic E-state index is 14.1. The van der Waals surface area contributed by atoms with Crippen LogP contribution in [0.25, 0.3) is 11.0 Å². The van der Waals surface area contributed by atoms with Crippen LogP contribution in [0.5, 0.6) is 0 Å². The monoisotopic (exact) mass is 451 g/mol. The Morgan fingerprint density at radius 2 is 1.68 bits per heavy atom. The fourth-order valence-corrected chi connectivity index (χ4v) is 5.21. The quantitative estimate of drug-likeness (QED) is 0.437. The summed E-state index contributed by atoms with van der Waals surface area (Å²) in [6, 6.07) is 14.3. The van der Waals surface area contributed by atoms with Gasteiger partial charge in [-0.25, -0.2) is 4.98 Å². The zero-order chi connectivity index (χ0) is 23.9. The molecule has 7 heteroatoms. The average Bonchev–Trinajstić information content (AvgIpc) is 3.20. The van der Waals surface area contributed by atoms with Crippen molar-refractivity contribution in [2.45, 2.75) is 26.3 Å². The van der Waals surface area contributed by atoms with E-state index in [1.54, 1.807) is 43.6 Å². The maximum absolute atomic E-state index is 14.1. The molecular weight excluding hydrogens is 430 g/mol. The first kappa shape index (κ1) is 20.4. The van der Waals surface area contributed by atoms with Crippen LogP contribution in [-0.2, 0) is 10.3 Å². The predicted octanol–water partition coefficient (Wildman–Crippen LogP) is 3.99. The standard InChI is InChI=1S/C27H21N3O4/c1-14-9-10-28-21(11-14)30-25(32)24-22(23(31)17-12-15(2)16(3)13-20(17)34-24)27(30)18-7-5-6-8-19(18)29(4)26(27)33/h5-13H,1-4H3. The number of aryl methyl sites for hydroxylation is 3. The van der Waals surface area contributed by atoms with Crippen molar-refractivity contribution < 1.29 is 14.0 Å². The third kappa shape index (κ3) is 2.31. The SMILES string of the molecule is Cc1ccnc(N2C(=O)c3oc4cc(C)c(C)cc4c(=O)c3C23C(=O)N(C)c2ccccc23)c1. The van der Waals surface area contributed by atoms with Crippen LogP contribution < -0.4 is 15.2 Å². The lowest BCUT2D eigenvalue weighted by molar-refractivity contribution is -0.121. The Morgan fingerprint density at radius 1 is 0.941 bits per heavy atom.